The Morgan fingerprint density at radius 3 is 2.83 bits per heavy atom. The maximum absolute atomic E-state index is 13.3. The zero-order valence-electron chi connectivity index (χ0n) is 10.1. The number of amides is 1. The molecule has 18 heavy (non-hydrogen) atoms. The molecule has 100 valence electrons. The molecule has 0 heterocycles. The molecule has 0 unspecified atom stereocenters. The van der Waals surface area contributed by atoms with E-state index in [1.807, 2.05) is 0 Å². The molecule has 0 atom stereocenters. The van der Waals surface area contributed by atoms with Crippen molar-refractivity contribution in [3.05, 3.63) is 29.6 Å². The van der Waals surface area contributed by atoms with Crippen LogP contribution in [0.3, 0.4) is 0 Å². The van der Waals surface area contributed by atoms with Gasteiger partial charge in [-0.2, -0.15) is 0 Å². The molecule has 0 fully saturated rings. The molecular formula is C12H16FNO4. The number of rotatable bonds is 7. The van der Waals surface area contributed by atoms with Gasteiger partial charge in [-0.15, -0.1) is 0 Å². The first-order chi connectivity index (χ1) is 8.69. The van der Waals surface area contributed by atoms with Crippen molar-refractivity contribution in [3.63, 3.8) is 0 Å². The molecule has 1 aromatic rings. The summed E-state index contributed by atoms with van der Waals surface area (Å²) in [7, 11) is 1.36. The van der Waals surface area contributed by atoms with Crippen molar-refractivity contribution in [1.29, 1.82) is 0 Å². The highest BCUT2D eigenvalue weighted by Crippen LogP contribution is 2.17. The highest BCUT2D eigenvalue weighted by molar-refractivity contribution is 5.94. The highest BCUT2D eigenvalue weighted by Gasteiger charge is 2.09. The second-order valence-corrected chi connectivity index (χ2v) is 3.44. The Morgan fingerprint density at radius 2 is 2.22 bits per heavy atom. The van der Waals surface area contributed by atoms with Crippen LogP contribution in [-0.2, 0) is 4.74 Å². The van der Waals surface area contributed by atoms with Crippen molar-refractivity contribution in [2.45, 2.75) is 0 Å². The number of aliphatic hydroxyl groups excluding tert-OH is 1. The predicted octanol–water partition coefficient (Wildman–Crippen LogP) is 0.573. The standard InChI is InChI=1S/C12H16FNO4/c1-17-11-3-2-9(8-10(11)13)12(16)14-4-6-18-7-5-15/h2-3,8,15H,4-7H2,1H3,(H,14,16). The molecule has 0 saturated carbocycles. The van der Waals surface area contributed by atoms with E-state index in [1.54, 1.807) is 0 Å². The van der Waals surface area contributed by atoms with Gasteiger partial charge in [0.25, 0.3) is 5.91 Å². The fraction of sp³-hybridized carbons (Fsp3) is 0.417. The summed E-state index contributed by atoms with van der Waals surface area (Å²) in [5.74, 6) is -0.872. The first-order valence-electron chi connectivity index (χ1n) is 5.49. The lowest BCUT2D eigenvalue weighted by atomic mass is 10.2. The minimum Gasteiger partial charge on any atom is -0.494 e. The number of carbonyl (C=O) groups excluding carboxylic acids is 1. The number of methoxy groups -OCH3 is 1. The van der Waals surface area contributed by atoms with E-state index in [-0.39, 0.29) is 30.4 Å². The molecule has 0 saturated heterocycles. The number of hydrogen-bond donors (Lipinski definition) is 2. The molecule has 0 aliphatic heterocycles. The van der Waals surface area contributed by atoms with E-state index in [4.69, 9.17) is 14.6 Å². The highest BCUT2D eigenvalue weighted by atomic mass is 19.1. The summed E-state index contributed by atoms with van der Waals surface area (Å²) in [6.07, 6.45) is 0. The average Bonchev–Trinajstić information content (AvgIpc) is 2.38. The molecule has 0 spiro atoms. The monoisotopic (exact) mass is 257 g/mol. The van der Waals surface area contributed by atoms with Gasteiger partial charge in [0.1, 0.15) is 0 Å². The maximum Gasteiger partial charge on any atom is 0.251 e. The van der Waals surface area contributed by atoms with Crippen molar-refractivity contribution in [2.24, 2.45) is 0 Å². The molecule has 0 aliphatic carbocycles. The van der Waals surface area contributed by atoms with Gasteiger partial charge in [0.05, 0.1) is 26.9 Å². The summed E-state index contributed by atoms with van der Waals surface area (Å²) in [5.41, 5.74) is 0.218. The van der Waals surface area contributed by atoms with Crippen LogP contribution in [0.2, 0.25) is 0 Å². The number of benzene rings is 1. The van der Waals surface area contributed by atoms with Crippen LogP contribution in [-0.4, -0.2) is 44.5 Å². The Morgan fingerprint density at radius 1 is 1.44 bits per heavy atom. The minimum absolute atomic E-state index is 0.0579. The molecule has 0 aliphatic rings. The van der Waals surface area contributed by atoms with Gasteiger partial charge in [-0.05, 0) is 18.2 Å². The molecule has 1 amide bonds. The summed E-state index contributed by atoms with van der Waals surface area (Å²) in [6.45, 7) is 0.766. The van der Waals surface area contributed by atoms with Crippen LogP contribution in [0.25, 0.3) is 0 Å². The number of nitrogens with one attached hydrogen (secondary N) is 1. The average molecular weight is 257 g/mol. The van der Waals surface area contributed by atoms with Crippen molar-refractivity contribution in [3.8, 4) is 5.75 Å². The lowest BCUT2D eigenvalue weighted by Gasteiger charge is -2.07. The van der Waals surface area contributed by atoms with Crippen molar-refractivity contribution < 1.29 is 23.8 Å². The van der Waals surface area contributed by atoms with Crippen LogP contribution >= 0.6 is 0 Å². The molecule has 5 nitrogen and oxygen atoms in total. The third-order valence-electron chi connectivity index (χ3n) is 2.18. The lowest BCUT2D eigenvalue weighted by Crippen LogP contribution is -2.27. The zero-order valence-corrected chi connectivity index (χ0v) is 10.1. The van der Waals surface area contributed by atoms with E-state index < -0.39 is 5.82 Å². The Labute approximate surface area is 105 Å². The summed E-state index contributed by atoms with van der Waals surface area (Å²) in [6, 6.07) is 3.99. The first kappa shape index (κ1) is 14.4. The predicted molar refractivity (Wildman–Crippen MR) is 63.2 cm³/mol. The van der Waals surface area contributed by atoms with Gasteiger partial charge in [-0.1, -0.05) is 0 Å². The van der Waals surface area contributed by atoms with Crippen molar-refractivity contribution in [1.82, 2.24) is 5.32 Å². The number of aliphatic hydroxyl groups is 1. The molecule has 1 aromatic carbocycles. The van der Waals surface area contributed by atoms with E-state index in [1.165, 1.54) is 19.2 Å². The summed E-state index contributed by atoms with van der Waals surface area (Å²) in [4.78, 5) is 11.6. The van der Waals surface area contributed by atoms with Gasteiger partial charge >= 0.3 is 0 Å². The van der Waals surface area contributed by atoms with Gasteiger partial charge < -0.3 is 19.9 Å². The topological polar surface area (TPSA) is 67.8 Å². The largest absolute Gasteiger partial charge is 0.494 e. The van der Waals surface area contributed by atoms with E-state index in [9.17, 15) is 9.18 Å². The van der Waals surface area contributed by atoms with E-state index in [0.29, 0.717) is 13.2 Å². The minimum atomic E-state index is -0.582. The molecule has 2 N–H and O–H groups in total. The molecule has 0 bridgehead atoms. The zero-order chi connectivity index (χ0) is 13.4. The smallest absolute Gasteiger partial charge is 0.251 e. The Hall–Kier alpha value is -1.66. The summed E-state index contributed by atoms with van der Waals surface area (Å²) >= 11 is 0. The van der Waals surface area contributed by atoms with Crippen LogP contribution in [0.4, 0.5) is 4.39 Å². The fourth-order valence-electron chi connectivity index (χ4n) is 1.31. The Kier molecular flexibility index (Phi) is 6.10. The number of hydrogen-bond acceptors (Lipinski definition) is 4. The summed E-state index contributed by atoms with van der Waals surface area (Å²) < 4.78 is 23.1. The van der Waals surface area contributed by atoms with Crippen LogP contribution in [0.1, 0.15) is 10.4 Å². The first-order valence-corrected chi connectivity index (χ1v) is 5.49. The third-order valence-corrected chi connectivity index (χ3v) is 2.18. The van der Waals surface area contributed by atoms with Crippen LogP contribution in [0, 0.1) is 5.82 Å². The number of ether oxygens (including phenoxy) is 2. The maximum atomic E-state index is 13.3. The van der Waals surface area contributed by atoms with Gasteiger partial charge in [0.2, 0.25) is 0 Å². The van der Waals surface area contributed by atoms with Gasteiger partial charge in [0, 0.05) is 12.1 Å². The third kappa shape index (κ3) is 4.31. The van der Waals surface area contributed by atoms with Crippen LogP contribution in [0.15, 0.2) is 18.2 Å². The Balaban J connectivity index is 2.44. The quantitative estimate of drug-likeness (QED) is 0.701. The molecule has 0 radical (unpaired) electrons. The van der Waals surface area contributed by atoms with E-state index in [2.05, 4.69) is 5.32 Å². The number of carbonyl (C=O) groups is 1. The second-order valence-electron chi connectivity index (χ2n) is 3.44. The van der Waals surface area contributed by atoms with Gasteiger partial charge in [-0.3, -0.25) is 4.79 Å². The van der Waals surface area contributed by atoms with Gasteiger partial charge in [-0.25, -0.2) is 4.39 Å². The molecule has 0 aromatic heterocycles. The van der Waals surface area contributed by atoms with Crippen LogP contribution in [0.5, 0.6) is 5.75 Å². The Bertz CT molecular complexity index is 398. The summed E-state index contributed by atoms with van der Waals surface area (Å²) in [5, 5.41) is 11.0. The lowest BCUT2D eigenvalue weighted by molar-refractivity contribution is 0.0838. The molecular weight excluding hydrogens is 241 g/mol. The second kappa shape index (κ2) is 7.62. The SMILES string of the molecule is COc1ccc(C(=O)NCCOCCO)cc1F. The van der Waals surface area contributed by atoms with Gasteiger partial charge in [0.15, 0.2) is 11.6 Å². The van der Waals surface area contributed by atoms with E-state index in [0.717, 1.165) is 6.07 Å². The van der Waals surface area contributed by atoms with Crippen LogP contribution < -0.4 is 10.1 Å². The van der Waals surface area contributed by atoms with E-state index >= 15 is 0 Å². The number of halogens is 1. The molecule has 6 heteroatoms. The fourth-order valence-corrected chi connectivity index (χ4v) is 1.31. The molecule has 1 rings (SSSR count). The van der Waals surface area contributed by atoms with Crippen molar-refractivity contribution in [2.75, 3.05) is 33.5 Å². The normalized spacial score (nSPS) is 10.2. The van der Waals surface area contributed by atoms with Crippen molar-refractivity contribution >= 4 is 5.91 Å².